The molecule has 0 unspecified atom stereocenters. The first-order chi connectivity index (χ1) is 12.4. The summed E-state index contributed by atoms with van der Waals surface area (Å²) in [6, 6.07) is 4.08. The van der Waals surface area contributed by atoms with Gasteiger partial charge >= 0.3 is 12.4 Å². The minimum Gasteiger partial charge on any atom is -0.450 e. The Balaban J connectivity index is 1.48. The predicted octanol–water partition coefficient (Wildman–Crippen LogP) is 0.304. The average molecular weight is 372 g/mol. The molecule has 2 amide bonds. The molecule has 0 spiro atoms. The van der Waals surface area contributed by atoms with E-state index in [0.717, 1.165) is 4.90 Å². The van der Waals surface area contributed by atoms with E-state index in [2.05, 4.69) is 14.8 Å². The molecule has 142 valence electrons. The number of halogens is 2. The number of hydrogen-bond donors (Lipinski definition) is 2. The molecule has 1 saturated heterocycles. The Morgan fingerprint density at radius 1 is 1.27 bits per heavy atom. The summed E-state index contributed by atoms with van der Waals surface area (Å²) in [6.07, 6.45) is -4.03. The van der Waals surface area contributed by atoms with Gasteiger partial charge in [-0.25, -0.2) is 4.79 Å². The lowest BCUT2D eigenvalue weighted by atomic mass is 10.2. The van der Waals surface area contributed by atoms with Crippen LogP contribution in [0.5, 0.6) is 11.5 Å². The van der Waals surface area contributed by atoms with E-state index in [1.807, 2.05) is 0 Å². The maximum atomic E-state index is 13.0. The SMILES string of the molecule is CCOC(=O)N1CC[NH+](CC(=O)Nc2ccc3c(c2)OC(F)(F)O3)CC1. The van der Waals surface area contributed by atoms with Crippen molar-refractivity contribution in [1.82, 2.24) is 4.90 Å². The van der Waals surface area contributed by atoms with Crippen LogP contribution in [0.25, 0.3) is 0 Å². The van der Waals surface area contributed by atoms with Gasteiger partial charge in [0, 0.05) is 11.8 Å². The van der Waals surface area contributed by atoms with E-state index in [-0.39, 0.29) is 30.0 Å². The summed E-state index contributed by atoms with van der Waals surface area (Å²) >= 11 is 0. The first-order valence-corrected chi connectivity index (χ1v) is 8.31. The predicted molar refractivity (Wildman–Crippen MR) is 85.4 cm³/mol. The number of anilines is 1. The molecule has 10 heteroatoms. The van der Waals surface area contributed by atoms with Crippen molar-refractivity contribution >= 4 is 17.7 Å². The van der Waals surface area contributed by atoms with Crippen LogP contribution in [0.3, 0.4) is 0 Å². The van der Waals surface area contributed by atoms with Crippen molar-refractivity contribution < 1.29 is 37.5 Å². The van der Waals surface area contributed by atoms with Crippen molar-refractivity contribution in [2.45, 2.75) is 13.2 Å². The number of nitrogens with one attached hydrogen (secondary N) is 2. The van der Waals surface area contributed by atoms with Gasteiger partial charge in [0.25, 0.3) is 5.91 Å². The zero-order valence-electron chi connectivity index (χ0n) is 14.2. The van der Waals surface area contributed by atoms with Crippen molar-refractivity contribution in [2.24, 2.45) is 0 Å². The highest BCUT2D eigenvalue weighted by Gasteiger charge is 2.43. The zero-order chi connectivity index (χ0) is 18.7. The van der Waals surface area contributed by atoms with Crippen LogP contribution in [0.2, 0.25) is 0 Å². The molecular formula is C16H20F2N3O5+. The molecule has 0 radical (unpaired) electrons. The highest BCUT2D eigenvalue weighted by molar-refractivity contribution is 5.91. The molecule has 3 rings (SSSR count). The Kier molecular flexibility index (Phi) is 5.12. The third kappa shape index (κ3) is 4.31. The summed E-state index contributed by atoms with van der Waals surface area (Å²) in [5, 5.41) is 2.66. The standard InChI is InChI=1S/C16H19F2N3O5/c1-2-24-15(23)21-7-5-20(6-8-21)10-14(22)19-11-3-4-12-13(9-11)26-16(17,18)25-12/h3-4,9H,2,5-8,10H2,1H3,(H,19,22)/p+1. The van der Waals surface area contributed by atoms with Gasteiger partial charge in [0.1, 0.15) is 0 Å². The molecule has 2 heterocycles. The fraction of sp³-hybridized carbons (Fsp3) is 0.500. The van der Waals surface area contributed by atoms with Crippen molar-refractivity contribution in [1.29, 1.82) is 0 Å². The summed E-state index contributed by atoms with van der Waals surface area (Å²) in [6.45, 7) is 4.57. The number of carbonyl (C=O) groups is 2. The fourth-order valence-electron chi connectivity index (χ4n) is 2.86. The van der Waals surface area contributed by atoms with Gasteiger partial charge in [-0.3, -0.25) is 9.69 Å². The number of rotatable bonds is 4. The lowest BCUT2D eigenvalue weighted by Gasteiger charge is -2.31. The highest BCUT2D eigenvalue weighted by atomic mass is 19.3. The van der Waals surface area contributed by atoms with Gasteiger partial charge in [-0.05, 0) is 19.1 Å². The van der Waals surface area contributed by atoms with Crippen LogP contribution in [-0.4, -0.2) is 62.5 Å². The number of carbonyl (C=O) groups excluding carboxylic acids is 2. The molecule has 0 bridgehead atoms. The maximum absolute atomic E-state index is 13.0. The van der Waals surface area contributed by atoms with Crippen LogP contribution in [-0.2, 0) is 9.53 Å². The van der Waals surface area contributed by atoms with Gasteiger partial charge in [-0.15, -0.1) is 8.78 Å². The number of piperazine rings is 1. The Morgan fingerprint density at radius 3 is 2.65 bits per heavy atom. The summed E-state index contributed by atoms with van der Waals surface area (Å²) < 4.78 is 39.6. The number of hydrogen-bond acceptors (Lipinski definition) is 5. The molecule has 1 fully saturated rings. The minimum absolute atomic E-state index is 0.0753. The van der Waals surface area contributed by atoms with E-state index in [1.54, 1.807) is 11.8 Å². The topological polar surface area (TPSA) is 81.5 Å². The molecule has 0 saturated carbocycles. The number of amides is 2. The third-order valence-corrected chi connectivity index (χ3v) is 4.09. The zero-order valence-corrected chi connectivity index (χ0v) is 14.2. The van der Waals surface area contributed by atoms with Crippen LogP contribution in [0.4, 0.5) is 19.3 Å². The third-order valence-electron chi connectivity index (χ3n) is 4.09. The van der Waals surface area contributed by atoms with E-state index in [1.165, 1.54) is 18.2 Å². The molecule has 8 nitrogen and oxygen atoms in total. The molecule has 26 heavy (non-hydrogen) atoms. The molecule has 2 aliphatic heterocycles. The van der Waals surface area contributed by atoms with E-state index < -0.39 is 6.29 Å². The van der Waals surface area contributed by atoms with Gasteiger partial charge in [-0.1, -0.05) is 0 Å². The number of alkyl halides is 2. The van der Waals surface area contributed by atoms with Crippen molar-refractivity contribution in [3.05, 3.63) is 18.2 Å². The average Bonchev–Trinajstić information content (AvgIpc) is 2.88. The molecule has 0 atom stereocenters. The van der Waals surface area contributed by atoms with Crippen molar-refractivity contribution in [2.75, 3.05) is 44.6 Å². The Labute approximate surface area is 148 Å². The molecule has 0 aromatic heterocycles. The molecular weight excluding hydrogens is 352 g/mol. The van der Waals surface area contributed by atoms with Crippen LogP contribution >= 0.6 is 0 Å². The highest BCUT2D eigenvalue weighted by Crippen LogP contribution is 2.42. The lowest BCUT2D eigenvalue weighted by Crippen LogP contribution is -3.15. The number of ether oxygens (including phenoxy) is 3. The van der Waals surface area contributed by atoms with E-state index in [4.69, 9.17) is 4.74 Å². The second kappa shape index (κ2) is 7.32. The summed E-state index contributed by atoms with van der Waals surface area (Å²) in [5.41, 5.74) is 0.347. The number of quaternary nitrogens is 1. The van der Waals surface area contributed by atoms with Crippen LogP contribution in [0.15, 0.2) is 18.2 Å². The summed E-state index contributed by atoms with van der Waals surface area (Å²) in [7, 11) is 0. The lowest BCUT2D eigenvalue weighted by molar-refractivity contribution is -0.895. The van der Waals surface area contributed by atoms with E-state index >= 15 is 0 Å². The number of nitrogens with zero attached hydrogens (tertiary/aromatic N) is 1. The molecule has 0 aliphatic carbocycles. The second-order valence-electron chi connectivity index (χ2n) is 5.99. The van der Waals surface area contributed by atoms with Gasteiger partial charge in [-0.2, -0.15) is 0 Å². The molecule has 2 aliphatic rings. The Hall–Kier alpha value is -2.62. The Bertz CT molecular complexity index is 692. The van der Waals surface area contributed by atoms with Crippen molar-refractivity contribution in [3.63, 3.8) is 0 Å². The maximum Gasteiger partial charge on any atom is 0.586 e. The fourth-order valence-corrected chi connectivity index (χ4v) is 2.86. The Morgan fingerprint density at radius 2 is 1.96 bits per heavy atom. The number of fused-ring (bicyclic) bond motifs is 1. The smallest absolute Gasteiger partial charge is 0.450 e. The monoisotopic (exact) mass is 372 g/mol. The van der Waals surface area contributed by atoms with Gasteiger partial charge in [0.15, 0.2) is 18.0 Å². The normalized spacial score (nSPS) is 18.5. The largest absolute Gasteiger partial charge is 0.586 e. The molecule has 2 N–H and O–H groups in total. The first kappa shape index (κ1) is 18.2. The second-order valence-corrected chi connectivity index (χ2v) is 5.99. The number of benzene rings is 1. The van der Waals surface area contributed by atoms with Gasteiger partial charge in [0.05, 0.1) is 32.8 Å². The van der Waals surface area contributed by atoms with E-state index in [0.29, 0.717) is 38.5 Å². The summed E-state index contributed by atoms with van der Waals surface area (Å²) in [4.78, 5) is 26.5. The first-order valence-electron chi connectivity index (χ1n) is 8.31. The van der Waals surface area contributed by atoms with Crippen LogP contribution in [0.1, 0.15) is 6.92 Å². The van der Waals surface area contributed by atoms with Crippen molar-refractivity contribution in [3.8, 4) is 11.5 Å². The minimum atomic E-state index is -3.69. The van der Waals surface area contributed by atoms with Crippen LogP contribution in [0, 0.1) is 0 Å². The molecule has 1 aromatic carbocycles. The quantitative estimate of drug-likeness (QED) is 0.795. The molecule has 1 aromatic rings. The van der Waals surface area contributed by atoms with E-state index in [9.17, 15) is 18.4 Å². The van der Waals surface area contributed by atoms with Crippen LogP contribution < -0.4 is 19.7 Å². The summed E-state index contributed by atoms with van der Waals surface area (Å²) in [5.74, 6) is -0.452. The van der Waals surface area contributed by atoms with Gasteiger partial charge in [0.2, 0.25) is 0 Å². The van der Waals surface area contributed by atoms with Gasteiger partial charge < -0.3 is 24.4 Å².